The fraction of sp³-hybridized carbons (Fsp3) is 0.318. The monoisotopic (exact) mass is 521 g/mol. The van der Waals surface area contributed by atoms with Crippen molar-refractivity contribution in [3.05, 3.63) is 64.1 Å². The van der Waals surface area contributed by atoms with Crippen molar-refractivity contribution in [2.45, 2.75) is 37.8 Å². The summed E-state index contributed by atoms with van der Waals surface area (Å²) in [5.41, 5.74) is 0.914. The summed E-state index contributed by atoms with van der Waals surface area (Å²) in [6.07, 6.45) is -0.237. The average Bonchev–Trinajstić information content (AvgIpc) is 2.97. The summed E-state index contributed by atoms with van der Waals surface area (Å²) in [4.78, 5) is 39.5. The zero-order valence-electron chi connectivity index (χ0n) is 17.7. The Morgan fingerprint density at radius 1 is 1.12 bits per heavy atom. The molecule has 1 N–H and O–H groups in total. The summed E-state index contributed by atoms with van der Waals surface area (Å²) in [7, 11) is -4.00. The van der Waals surface area contributed by atoms with Gasteiger partial charge in [0, 0.05) is 30.5 Å². The van der Waals surface area contributed by atoms with E-state index in [4.69, 9.17) is 0 Å². The maximum absolute atomic E-state index is 13.1. The minimum atomic E-state index is -4.00. The summed E-state index contributed by atoms with van der Waals surface area (Å²) >= 11 is 3.37. The quantitative estimate of drug-likeness (QED) is 0.574. The number of sulfonamides is 1. The Morgan fingerprint density at radius 3 is 2.41 bits per heavy atom. The highest BCUT2D eigenvalue weighted by Gasteiger charge is 2.41. The molecule has 0 aliphatic carbocycles. The molecule has 32 heavy (non-hydrogen) atoms. The number of halogens is 1. The first-order chi connectivity index (χ1) is 15.2. The number of hydrogen-bond acceptors (Lipinski definition) is 5. The number of nitrogens with zero attached hydrogens (tertiary/aromatic N) is 2. The summed E-state index contributed by atoms with van der Waals surface area (Å²) < 4.78 is 27.1. The maximum atomic E-state index is 13.1. The van der Waals surface area contributed by atoms with Gasteiger partial charge in [-0.15, -0.1) is 0 Å². The minimum absolute atomic E-state index is 0.0557. The topological polar surface area (TPSA) is 104 Å². The normalized spacial score (nSPS) is 15.2. The Balaban J connectivity index is 1.78. The van der Waals surface area contributed by atoms with Crippen molar-refractivity contribution < 1.29 is 22.8 Å². The van der Waals surface area contributed by atoms with Crippen molar-refractivity contribution in [2.75, 3.05) is 13.1 Å². The molecule has 0 fully saturated rings. The predicted molar refractivity (Wildman–Crippen MR) is 122 cm³/mol. The molecule has 8 nitrogen and oxygen atoms in total. The molecule has 2 aromatic rings. The first-order valence-electron chi connectivity index (χ1n) is 10.1. The second-order valence-electron chi connectivity index (χ2n) is 7.35. The molecule has 0 saturated carbocycles. The van der Waals surface area contributed by atoms with Gasteiger partial charge >= 0.3 is 0 Å². The first kappa shape index (κ1) is 23.9. The van der Waals surface area contributed by atoms with E-state index in [9.17, 15) is 22.8 Å². The molecule has 0 bridgehead atoms. The van der Waals surface area contributed by atoms with Crippen LogP contribution in [0.2, 0.25) is 0 Å². The van der Waals surface area contributed by atoms with Gasteiger partial charge in [-0.25, -0.2) is 12.7 Å². The van der Waals surface area contributed by atoms with Crippen molar-refractivity contribution in [3.63, 3.8) is 0 Å². The van der Waals surface area contributed by atoms with Gasteiger partial charge in [0.15, 0.2) is 0 Å². The van der Waals surface area contributed by atoms with E-state index in [-0.39, 0.29) is 35.9 Å². The molecule has 1 atom stereocenters. The van der Waals surface area contributed by atoms with E-state index in [0.29, 0.717) is 6.54 Å². The number of carbonyl (C=O) groups excluding carboxylic acids is 3. The van der Waals surface area contributed by atoms with E-state index < -0.39 is 27.9 Å². The number of carbonyl (C=O) groups is 3. The summed E-state index contributed by atoms with van der Waals surface area (Å²) in [6.45, 7) is 3.70. The van der Waals surface area contributed by atoms with Gasteiger partial charge < -0.3 is 10.2 Å². The first-order valence-corrected chi connectivity index (χ1v) is 12.4. The van der Waals surface area contributed by atoms with Crippen LogP contribution >= 0.6 is 15.9 Å². The number of benzene rings is 2. The van der Waals surface area contributed by atoms with Crippen LogP contribution in [0.5, 0.6) is 0 Å². The van der Waals surface area contributed by atoms with Crippen molar-refractivity contribution in [1.29, 1.82) is 0 Å². The number of rotatable bonds is 8. The zero-order valence-corrected chi connectivity index (χ0v) is 20.1. The van der Waals surface area contributed by atoms with Gasteiger partial charge in [0.05, 0.1) is 5.56 Å². The Morgan fingerprint density at radius 2 is 1.78 bits per heavy atom. The van der Waals surface area contributed by atoms with Gasteiger partial charge in [0.1, 0.15) is 10.9 Å². The Labute approximate surface area is 195 Å². The van der Waals surface area contributed by atoms with Crippen LogP contribution in [0.25, 0.3) is 0 Å². The minimum Gasteiger partial charge on any atom is -0.355 e. The molecule has 0 saturated heterocycles. The lowest BCUT2D eigenvalue weighted by atomic mass is 10.1. The molecule has 1 unspecified atom stereocenters. The molecule has 3 amide bonds. The van der Waals surface area contributed by atoms with E-state index in [1.807, 2.05) is 24.3 Å². The summed E-state index contributed by atoms with van der Waals surface area (Å²) in [5.74, 6) is -1.38. The number of hydrogen-bond donors (Lipinski definition) is 1. The molecule has 1 aliphatic heterocycles. The Hall–Kier alpha value is -2.72. The van der Waals surface area contributed by atoms with Gasteiger partial charge in [-0.05, 0) is 43.7 Å². The number of likely N-dealkylation sites (N-methyl/N-ethyl adjacent to an activating group) is 1. The number of nitrogens with one attached hydrogen (secondary N) is 1. The molecular weight excluding hydrogens is 498 g/mol. The third-order valence-electron chi connectivity index (χ3n) is 5.23. The van der Waals surface area contributed by atoms with Crippen LogP contribution in [0.4, 0.5) is 0 Å². The lowest BCUT2D eigenvalue weighted by Crippen LogP contribution is -2.48. The Bertz CT molecular complexity index is 1130. The third kappa shape index (κ3) is 4.86. The lowest BCUT2D eigenvalue weighted by molar-refractivity contribution is -0.140. The van der Waals surface area contributed by atoms with Crippen LogP contribution in [0.3, 0.4) is 0 Å². The van der Waals surface area contributed by atoms with Crippen molar-refractivity contribution in [3.8, 4) is 0 Å². The van der Waals surface area contributed by atoms with Crippen molar-refractivity contribution in [1.82, 2.24) is 14.5 Å². The smallest absolute Gasteiger partial charge is 0.269 e. The van der Waals surface area contributed by atoms with E-state index in [2.05, 4.69) is 21.2 Å². The van der Waals surface area contributed by atoms with Crippen LogP contribution in [0.15, 0.2) is 57.9 Å². The highest BCUT2D eigenvalue weighted by atomic mass is 79.9. The number of fused-ring (bicyclic) bond motifs is 1. The Kier molecular flexibility index (Phi) is 7.35. The molecule has 10 heteroatoms. The highest BCUT2D eigenvalue weighted by Crippen LogP contribution is 2.30. The van der Waals surface area contributed by atoms with E-state index in [1.54, 1.807) is 26.0 Å². The molecular formula is C22H24BrN3O5S. The van der Waals surface area contributed by atoms with E-state index in [1.165, 1.54) is 17.0 Å². The van der Waals surface area contributed by atoms with Crippen LogP contribution in [-0.4, -0.2) is 54.5 Å². The number of amides is 3. The second kappa shape index (κ2) is 9.83. The molecule has 170 valence electrons. The fourth-order valence-corrected chi connectivity index (χ4v) is 5.32. The van der Waals surface area contributed by atoms with Gasteiger partial charge in [-0.2, -0.15) is 0 Å². The molecule has 2 aromatic carbocycles. The van der Waals surface area contributed by atoms with Gasteiger partial charge in [-0.1, -0.05) is 40.2 Å². The van der Waals surface area contributed by atoms with Crippen molar-refractivity contribution in [2.24, 2.45) is 0 Å². The SMILES string of the molecule is CCNC(=O)C(C)N(Cc1ccc(Br)cc1)C(=O)CCN1C(=O)c2ccccc2S1(=O)=O. The highest BCUT2D eigenvalue weighted by molar-refractivity contribution is 9.10. The molecule has 1 heterocycles. The fourth-order valence-electron chi connectivity index (χ4n) is 3.48. The second-order valence-corrected chi connectivity index (χ2v) is 10.1. The summed E-state index contributed by atoms with van der Waals surface area (Å²) in [6, 6.07) is 12.5. The van der Waals surface area contributed by atoms with E-state index in [0.717, 1.165) is 14.3 Å². The molecule has 0 radical (unpaired) electrons. The van der Waals surface area contributed by atoms with Gasteiger partial charge in [0.2, 0.25) is 11.8 Å². The van der Waals surface area contributed by atoms with Crippen molar-refractivity contribution >= 4 is 43.7 Å². The van der Waals surface area contributed by atoms with Gasteiger partial charge in [-0.3, -0.25) is 14.4 Å². The van der Waals surface area contributed by atoms with E-state index >= 15 is 0 Å². The predicted octanol–water partition coefficient (Wildman–Crippen LogP) is 2.54. The molecule has 3 rings (SSSR count). The van der Waals surface area contributed by atoms with Gasteiger partial charge in [0.25, 0.3) is 15.9 Å². The van der Waals surface area contributed by atoms with Crippen LogP contribution in [0, 0.1) is 0 Å². The van der Waals surface area contributed by atoms with Crippen LogP contribution < -0.4 is 5.32 Å². The average molecular weight is 522 g/mol. The largest absolute Gasteiger partial charge is 0.355 e. The molecule has 1 aliphatic rings. The van der Waals surface area contributed by atoms with Crippen LogP contribution in [-0.2, 0) is 26.2 Å². The van der Waals surface area contributed by atoms with Crippen LogP contribution in [0.1, 0.15) is 36.2 Å². The molecule has 0 spiro atoms. The summed E-state index contributed by atoms with van der Waals surface area (Å²) in [5, 5.41) is 2.70. The third-order valence-corrected chi connectivity index (χ3v) is 7.59. The molecule has 0 aromatic heterocycles. The zero-order chi connectivity index (χ0) is 23.5. The standard InChI is InChI=1S/C22H24BrN3O5S/c1-3-24-21(28)15(2)25(14-16-8-10-17(23)11-9-16)20(27)12-13-26-22(29)18-6-4-5-7-19(18)32(26,30)31/h4-11,15H,3,12-14H2,1-2H3,(H,24,28). The maximum Gasteiger partial charge on any atom is 0.269 e. The lowest BCUT2D eigenvalue weighted by Gasteiger charge is -2.29.